The minimum Gasteiger partial charge on any atom is -0.304 e. The maximum atomic E-state index is 12.8. The molecule has 0 spiro atoms. The van der Waals surface area contributed by atoms with E-state index in [0.717, 1.165) is 5.56 Å². The molecule has 0 aliphatic heterocycles. The molecule has 0 saturated carbocycles. The van der Waals surface area contributed by atoms with Gasteiger partial charge < -0.3 is 4.57 Å². The Morgan fingerprint density at radius 1 is 1.28 bits per heavy atom. The second-order valence-electron chi connectivity index (χ2n) is 7.04. The molecule has 130 valence electrons. The maximum absolute atomic E-state index is 12.8. The number of aromatic nitrogens is 3. The highest BCUT2D eigenvalue weighted by Crippen LogP contribution is 2.22. The van der Waals surface area contributed by atoms with E-state index in [-0.39, 0.29) is 11.0 Å². The Kier molecular flexibility index (Phi) is 4.75. The van der Waals surface area contributed by atoms with Crippen LogP contribution in [0.5, 0.6) is 0 Å². The third-order valence-corrected chi connectivity index (χ3v) is 5.55. The van der Waals surface area contributed by atoms with Gasteiger partial charge in [-0.25, -0.2) is 4.98 Å². The van der Waals surface area contributed by atoms with Crippen LogP contribution in [0.1, 0.15) is 31.9 Å². The van der Waals surface area contributed by atoms with Crippen LogP contribution in [-0.4, -0.2) is 14.1 Å². The van der Waals surface area contributed by atoms with Crippen LogP contribution in [0, 0.1) is 3.95 Å². The van der Waals surface area contributed by atoms with Crippen molar-refractivity contribution in [2.24, 2.45) is 0 Å². The molecule has 2 aromatic heterocycles. The Bertz CT molecular complexity index is 1030. The molecule has 0 saturated heterocycles. The smallest absolute Gasteiger partial charge is 0.273 e. The van der Waals surface area contributed by atoms with Crippen molar-refractivity contribution < 1.29 is 0 Å². The molecule has 25 heavy (non-hydrogen) atoms. The summed E-state index contributed by atoms with van der Waals surface area (Å²) in [7, 11) is 0. The summed E-state index contributed by atoms with van der Waals surface area (Å²) in [5, 5.41) is 0. The van der Waals surface area contributed by atoms with Crippen LogP contribution in [-0.2, 0) is 18.5 Å². The first-order valence-electron chi connectivity index (χ1n) is 8.10. The lowest BCUT2D eigenvalue weighted by atomic mass is 9.87. The molecule has 0 atom stereocenters. The molecular weight excluding hydrogens is 350 g/mol. The zero-order chi connectivity index (χ0) is 18.2. The van der Waals surface area contributed by atoms with Gasteiger partial charge in [0.05, 0.1) is 6.54 Å². The fourth-order valence-electron chi connectivity index (χ4n) is 2.68. The van der Waals surface area contributed by atoms with Crippen molar-refractivity contribution in [2.75, 3.05) is 0 Å². The Balaban J connectivity index is 1.97. The quantitative estimate of drug-likeness (QED) is 0.500. The van der Waals surface area contributed by atoms with E-state index in [2.05, 4.69) is 56.6 Å². The van der Waals surface area contributed by atoms with Crippen molar-refractivity contribution in [2.45, 2.75) is 39.3 Å². The molecular formula is C19H21N3OS2. The monoisotopic (exact) mass is 371 g/mol. The molecule has 4 nitrogen and oxygen atoms in total. The molecule has 3 rings (SSSR count). The Labute approximate surface area is 156 Å². The fourth-order valence-corrected chi connectivity index (χ4v) is 4.00. The summed E-state index contributed by atoms with van der Waals surface area (Å²) in [5.41, 5.74) is 3.05. The summed E-state index contributed by atoms with van der Waals surface area (Å²) in [5.74, 6) is 0. The van der Waals surface area contributed by atoms with E-state index in [9.17, 15) is 4.79 Å². The van der Waals surface area contributed by atoms with Gasteiger partial charge in [0, 0.05) is 6.54 Å². The first kappa shape index (κ1) is 17.8. The van der Waals surface area contributed by atoms with Gasteiger partial charge in [0.1, 0.15) is 11.0 Å². The molecule has 1 aromatic carbocycles. The zero-order valence-corrected chi connectivity index (χ0v) is 16.3. The van der Waals surface area contributed by atoms with E-state index in [1.54, 1.807) is 17.0 Å². The SMILES string of the molecule is C=CCn1c(=S)sc2c(=O)n(Cc3ccc(C(C)(C)C)cc3)cnc21. The van der Waals surface area contributed by atoms with Gasteiger partial charge in [-0.2, -0.15) is 0 Å². The number of nitrogens with zero attached hydrogens (tertiary/aromatic N) is 3. The van der Waals surface area contributed by atoms with Crippen LogP contribution in [0.3, 0.4) is 0 Å². The van der Waals surface area contributed by atoms with Gasteiger partial charge in [0.15, 0.2) is 9.60 Å². The summed E-state index contributed by atoms with van der Waals surface area (Å²) in [6.07, 6.45) is 3.36. The van der Waals surface area contributed by atoms with E-state index >= 15 is 0 Å². The topological polar surface area (TPSA) is 39.8 Å². The predicted octanol–water partition coefficient (Wildman–Crippen LogP) is 4.52. The first-order chi connectivity index (χ1) is 11.8. The van der Waals surface area contributed by atoms with Crippen molar-refractivity contribution in [3.05, 3.63) is 68.7 Å². The van der Waals surface area contributed by atoms with Crippen molar-refractivity contribution in [1.82, 2.24) is 14.1 Å². The number of hydrogen-bond acceptors (Lipinski definition) is 4. The molecule has 0 N–H and O–H groups in total. The number of rotatable bonds is 4. The summed E-state index contributed by atoms with van der Waals surface area (Å²) >= 11 is 6.66. The molecule has 0 radical (unpaired) electrons. The van der Waals surface area contributed by atoms with Gasteiger partial charge in [0.25, 0.3) is 5.56 Å². The molecule has 0 unspecified atom stereocenters. The first-order valence-corrected chi connectivity index (χ1v) is 9.33. The second-order valence-corrected chi connectivity index (χ2v) is 8.69. The largest absolute Gasteiger partial charge is 0.304 e. The van der Waals surface area contributed by atoms with E-state index in [1.165, 1.54) is 16.9 Å². The number of thiazole rings is 1. The maximum Gasteiger partial charge on any atom is 0.273 e. The Morgan fingerprint density at radius 3 is 2.56 bits per heavy atom. The summed E-state index contributed by atoms with van der Waals surface area (Å²) in [6.45, 7) is 11.3. The lowest BCUT2D eigenvalue weighted by Gasteiger charge is -2.19. The van der Waals surface area contributed by atoms with Crippen molar-refractivity contribution in [3.8, 4) is 0 Å². The zero-order valence-electron chi connectivity index (χ0n) is 14.7. The van der Waals surface area contributed by atoms with Crippen molar-refractivity contribution >= 4 is 33.9 Å². The van der Waals surface area contributed by atoms with Crippen LogP contribution < -0.4 is 5.56 Å². The molecule has 6 heteroatoms. The molecule has 0 aliphatic carbocycles. The number of fused-ring (bicyclic) bond motifs is 1. The lowest BCUT2D eigenvalue weighted by Crippen LogP contribution is -2.21. The summed E-state index contributed by atoms with van der Waals surface area (Å²) in [4.78, 5) is 17.2. The highest BCUT2D eigenvalue weighted by atomic mass is 32.1. The average molecular weight is 372 g/mol. The van der Waals surface area contributed by atoms with Gasteiger partial charge in [-0.1, -0.05) is 62.4 Å². The molecule has 0 fully saturated rings. The number of benzene rings is 1. The van der Waals surface area contributed by atoms with Gasteiger partial charge in [-0.15, -0.1) is 6.58 Å². The highest BCUT2D eigenvalue weighted by molar-refractivity contribution is 7.73. The number of hydrogen-bond donors (Lipinski definition) is 0. The molecule has 0 bridgehead atoms. The van der Waals surface area contributed by atoms with Crippen LogP contribution in [0.15, 0.2) is 48.0 Å². The molecule has 3 aromatic rings. The van der Waals surface area contributed by atoms with Gasteiger partial charge in [0.2, 0.25) is 0 Å². The minimum absolute atomic E-state index is 0.0520. The summed E-state index contributed by atoms with van der Waals surface area (Å²) < 4.78 is 4.72. The van der Waals surface area contributed by atoms with Crippen molar-refractivity contribution in [1.29, 1.82) is 0 Å². The van der Waals surface area contributed by atoms with E-state index in [0.29, 0.717) is 27.4 Å². The normalized spacial score (nSPS) is 11.8. The van der Waals surface area contributed by atoms with Crippen molar-refractivity contribution in [3.63, 3.8) is 0 Å². The van der Waals surface area contributed by atoms with Crippen LogP contribution in [0.25, 0.3) is 10.3 Å². The molecule has 0 aliphatic rings. The average Bonchev–Trinajstić information content (AvgIpc) is 2.87. The van der Waals surface area contributed by atoms with Crippen LogP contribution in [0.4, 0.5) is 0 Å². The second kappa shape index (κ2) is 6.69. The van der Waals surface area contributed by atoms with Gasteiger partial charge in [-0.3, -0.25) is 9.36 Å². The standard InChI is InChI=1S/C19H21N3OS2/c1-5-10-22-16-15(25-18(22)24)17(23)21(12-20-16)11-13-6-8-14(9-7-13)19(2,3)4/h5-9,12H,1,10-11H2,2-4H3. The minimum atomic E-state index is -0.0520. The third-order valence-electron chi connectivity index (χ3n) is 4.13. The molecule has 2 heterocycles. The van der Waals surface area contributed by atoms with E-state index < -0.39 is 0 Å². The van der Waals surface area contributed by atoms with Gasteiger partial charge in [-0.05, 0) is 28.8 Å². The predicted molar refractivity (Wildman–Crippen MR) is 107 cm³/mol. The third kappa shape index (κ3) is 3.50. The summed E-state index contributed by atoms with van der Waals surface area (Å²) in [6, 6.07) is 8.39. The fraction of sp³-hybridized carbons (Fsp3) is 0.316. The Morgan fingerprint density at radius 2 is 1.96 bits per heavy atom. The number of allylic oxidation sites excluding steroid dienone is 1. The van der Waals surface area contributed by atoms with Crippen LogP contribution in [0.2, 0.25) is 0 Å². The van der Waals surface area contributed by atoms with Gasteiger partial charge >= 0.3 is 0 Å². The Hall–Kier alpha value is -2.05. The van der Waals surface area contributed by atoms with E-state index in [4.69, 9.17) is 12.2 Å². The highest BCUT2D eigenvalue weighted by Gasteiger charge is 2.14. The lowest BCUT2D eigenvalue weighted by molar-refractivity contribution is 0.589. The van der Waals surface area contributed by atoms with Crippen LogP contribution >= 0.6 is 23.6 Å². The van der Waals surface area contributed by atoms with E-state index in [1.807, 2.05) is 4.57 Å². The molecule has 0 amide bonds.